The molecule has 1 atom stereocenters. The highest BCUT2D eigenvalue weighted by atomic mass is 16.5. The Morgan fingerprint density at radius 1 is 1.22 bits per heavy atom. The van der Waals surface area contributed by atoms with E-state index in [9.17, 15) is 4.79 Å². The third kappa shape index (κ3) is 4.73. The lowest BCUT2D eigenvalue weighted by molar-refractivity contribution is -0.122. The molecule has 144 valence electrons. The Balaban J connectivity index is 1.35. The Morgan fingerprint density at radius 2 is 2.11 bits per heavy atom. The lowest BCUT2D eigenvalue weighted by Crippen LogP contribution is -2.42. The van der Waals surface area contributed by atoms with Crippen LogP contribution >= 0.6 is 0 Å². The second kappa shape index (κ2) is 8.63. The summed E-state index contributed by atoms with van der Waals surface area (Å²) in [5, 5.41) is 7.46. The maximum Gasteiger partial charge on any atom is 0.222 e. The Kier molecular flexibility index (Phi) is 5.79. The molecule has 7 heteroatoms. The van der Waals surface area contributed by atoms with Gasteiger partial charge >= 0.3 is 0 Å². The largest absolute Gasteiger partial charge is 0.381 e. The summed E-state index contributed by atoms with van der Waals surface area (Å²) >= 11 is 0. The average Bonchev–Trinajstić information content (AvgIpc) is 3.17. The molecule has 7 nitrogen and oxygen atoms in total. The van der Waals surface area contributed by atoms with Gasteiger partial charge in [0, 0.05) is 45.2 Å². The van der Waals surface area contributed by atoms with E-state index in [4.69, 9.17) is 4.74 Å². The van der Waals surface area contributed by atoms with Crippen molar-refractivity contribution in [3.63, 3.8) is 0 Å². The molecule has 0 unspecified atom stereocenters. The van der Waals surface area contributed by atoms with Gasteiger partial charge in [-0.25, -0.2) is 0 Å². The van der Waals surface area contributed by atoms with Crippen LogP contribution < -0.4 is 5.32 Å². The van der Waals surface area contributed by atoms with Crippen molar-refractivity contribution < 1.29 is 9.53 Å². The second-order valence-electron chi connectivity index (χ2n) is 7.47. The number of nitrogens with one attached hydrogen (secondary N) is 1. The minimum atomic E-state index is 0.0417. The Morgan fingerprint density at radius 3 is 2.93 bits per heavy atom. The van der Waals surface area contributed by atoms with Gasteiger partial charge in [-0.1, -0.05) is 6.07 Å². The number of pyridine rings is 1. The Hall–Kier alpha value is -2.25. The molecule has 0 bridgehead atoms. The third-order valence-electron chi connectivity index (χ3n) is 5.42. The molecule has 0 aliphatic carbocycles. The van der Waals surface area contributed by atoms with Crippen LogP contribution in [0.5, 0.6) is 0 Å². The van der Waals surface area contributed by atoms with Crippen molar-refractivity contribution in [3.8, 4) is 0 Å². The maximum atomic E-state index is 12.5. The molecule has 0 spiro atoms. The number of hydrogen-bond acceptors (Lipinski definition) is 5. The van der Waals surface area contributed by atoms with Crippen molar-refractivity contribution in [2.75, 3.05) is 26.3 Å². The van der Waals surface area contributed by atoms with Crippen LogP contribution in [-0.2, 0) is 22.6 Å². The minimum absolute atomic E-state index is 0.0417. The first-order valence-corrected chi connectivity index (χ1v) is 9.77. The molecule has 2 aromatic rings. The van der Waals surface area contributed by atoms with Gasteiger partial charge < -0.3 is 10.1 Å². The van der Waals surface area contributed by atoms with Gasteiger partial charge in [0.2, 0.25) is 5.91 Å². The first kappa shape index (κ1) is 18.1. The van der Waals surface area contributed by atoms with Crippen LogP contribution in [0.4, 0.5) is 0 Å². The molecule has 2 aliphatic heterocycles. The van der Waals surface area contributed by atoms with Gasteiger partial charge in [-0.3, -0.25) is 19.4 Å². The molecule has 4 rings (SSSR count). The number of hydrogen-bond donors (Lipinski definition) is 1. The SMILES string of the molecule is O=C(C[C@H]1CN(CC2CCOCC2)Cc2ccnn21)NCc1ccccn1. The number of rotatable bonds is 6. The summed E-state index contributed by atoms with van der Waals surface area (Å²) < 4.78 is 7.51. The van der Waals surface area contributed by atoms with Gasteiger partial charge in [0.25, 0.3) is 0 Å². The lowest BCUT2D eigenvalue weighted by Gasteiger charge is -2.36. The molecule has 2 aliphatic rings. The molecule has 1 fully saturated rings. The predicted octanol–water partition coefficient (Wildman–Crippen LogP) is 1.77. The lowest BCUT2D eigenvalue weighted by atomic mass is 9.98. The first-order chi connectivity index (χ1) is 13.3. The fraction of sp³-hybridized carbons (Fsp3) is 0.550. The van der Waals surface area contributed by atoms with Crippen molar-refractivity contribution in [3.05, 3.63) is 48.0 Å². The summed E-state index contributed by atoms with van der Waals surface area (Å²) in [4.78, 5) is 19.2. The van der Waals surface area contributed by atoms with E-state index in [1.54, 1.807) is 6.20 Å². The van der Waals surface area contributed by atoms with Gasteiger partial charge in [0.1, 0.15) is 0 Å². The monoisotopic (exact) mass is 369 g/mol. The molecular weight excluding hydrogens is 342 g/mol. The highest BCUT2D eigenvalue weighted by Crippen LogP contribution is 2.25. The van der Waals surface area contributed by atoms with Crippen LogP contribution in [0.2, 0.25) is 0 Å². The van der Waals surface area contributed by atoms with Gasteiger partial charge in [-0.2, -0.15) is 5.10 Å². The van der Waals surface area contributed by atoms with Crippen LogP contribution in [0.25, 0.3) is 0 Å². The summed E-state index contributed by atoms with van der Waals surface area (Å²) in [5.41, 5.74) is 2.06. The predicted molar refractivity (Wildman–Crippen MR) is 101 cm³/mol. The van der Waals surface area contributed by atoms with E-state index >= 15 is 0 Å². The summed E-state index contributed by atoms with van der Waals surface area (Å²) in [6.45, 7) is 5.04. The van der Waals surface area contributed by atoms with Crippen LogP contribution in [0, 0.1) is 5.92 Å². The molecule has 2 aromatic heterocycles. The van der Waals surface area contributed by atoms with Gasteiger partial charge in [0.15, 0.2) is 0 Å². The van der Waals surface area contributed by atoms with Gasteiger partial charge in [-0.05, 0) is 37.0 Å². The molecule has 4 heterocycles. The zero-order valence-electron chi connectivity index (χ0n) is 15.6. The highest BCUT2D eigenvalue weighted by molar-refractivity contribution is 5.76. The normalized spacial score (nSPS) is 21.0. The van der Waals surface area contributed by atoms with Gasteiger partial charge in [0.05, 0.1) is 30.4 Å². The molecule has 0 radical (unpaired) electrons. The van der Waals surface area contributed by atoms with E-state index in [1.807, 2.05) is 29.1 Å². The van der Waals surface area contributed by atoms with Crippen LogP contribution in [0.15, 0.2) is 36.7 Å². The standard InChI is InChI=1S/C20H27N5O2/c26-20(22-12-17-3-1-2-7-21-17)11-19-15-24(13-16-5-9-27-10-6-16)14-18-4-8-23-25(18)19/h1-4,7-8,16,19H,5-6,9-15H2,(H,22,26)/t19-/m0/s1. The summed E-state index contributed by atoms with van der Waals surface area (Å²) in [6.07, 6.45) is 6.28. The van der Waals surface area contributed by atoms with E-state index in [2.05, 4.69) is 26.4 Å². The zero-order valence-corrected chi connectivity index (χ0v) is 15.6. The van der Waals surface area contributed by atoms with E-state index in [0.29, 0.717) is 18.9 Å². The number of ether oxygens (including phenoxy) is 1. The second-order valence-corrected chi connectivity index (χ2v) is 7.47. The van der Waals surface area contributed by atoms with Gasteiger partial charge in [-0.15, -0.1) is 0 Å². The summed E-state index contributed by atoms with van der Waals surface area (Å²) in [5.74, 6) is 0.729. The van der Waals surface area contributed by atoms with E-state index in [-0.39, 0.29) is 11.9 Å². The number of carbonyl (C=O) groups is 1. The average molecular weight is 369 g/mol. The first-order valence-electron chi connectivity index (χ1n) is 9.77. The van der Waals surface area contributed by atoms with Crippen LogP contribution in [0.1, 0.15) is 36.7 Å². The Labute approximate surface area is 159 Å². The molecule has 1 saturated heterocycles. The van der Waals surface area contributed by atoms with Crippen LogP contribution in [-0.4, -0.2) is 51.9 Å². The number of amides is 1. The maximum absolute atomic E-state index is 12.5. The van der Waals surface area contributed by atoms with Crippen molar-refractivity contribution in [2.24, 2.45) is 5.92 Å². The topological polar surface area (TPSA) is 72.3 Å². The highest BCUT2D eigenvalue weighted by Gasteiger charge is 2.29. The molecular formula is C20H27N5O2. The summed E-state index contributed by atoms with van der Waals surface area (Å²) in [6, 6.07) is 7.86. The van der Waals surface area contributed by atoms with E-state index in [1.165, 1.54) is 5.69 Å². The number of aromatic nitrogens is 3. The Bertz CT molecular complexity index is 742. The van der Waals surface area contributed by atoms with Crippen molar-refractivity contribution in [1.82, 2.24) is 25.0 Å². The molecule has 0 aromatic carbocycles. The molecule has 1 N–H and O–H groups in total. The fourth-order valence-corrected chi connectivity index (χ4v) is 4.03. The van der Waals surface area contributed by atoms with Crippen LogP contribution in [0.3, 0.4) is 0 Å². The number of carbonyl (C=O) groups excluding carboxylic acids is 1. The van der Waals surface area contributed by atoms with Crippen molar-refractivity contribution in [2.45, 2.75) is 38.4 Å². The summed E-state index contributed by atoms with van der Waals surface area (Å²) in [7, 11) is 0. The smallest absolute Gasteiger partial charge is 0.222 e. The zero-order chi connectivity index (χ0) is 18.5. The minimum Gasteiger partial charge on any atom is -0.381 e. The van der Waals surface area contributed by atoms with E-state index < -0.39 is 0 Å². The molecule has 27 heavy (non-hydrogen) atoms. The molecule has 1 amide bonds. The van der Waals surface area contributed by atoms with E-state index in [0.717, 1.165) is 51.4 Å². The quantitative estimate of drug-likeness (QED) is 0.840. The number of nitrogens with zero attached hydrogens (tertiary/aromatic N) is 4. The molecule has 0 saturated carbocycles. The number of fused-ring (bicyclic) bond motifs is 1. The fourth-order valence-electron chi connectivity index (χ4n) is 4.03. The van der Waals surface area contributed by atoms with Crippen molar-refractivity contribution >= 4 is 5.91 Å². The van der Waals surface area contributed by atoms with Crippen molar-refractivity contribution in [1.29, 1.82) is 0 Å². The third-order valence-corrected chi connectivity index (χ3v) is 5.42.